The average Bonchev–Trinajstić information content (AvgIpc) is 3.25. The van der Waals surface area contributed by atoms with Gasteiger partial charge in [-0.3, -0.25) is 9.59 Å². The molecule has 9 heteroatoms. The summed E-state index contributed by atoms with van der Waals surface area (Å²) in [6.45, 7) is 1.83. The van der Waals surface area contributed by atoms with Gasteiger partial charge in [0.1, 0.15) is 12.4 Å². The molecule has 0 N–H and O–H groups in total. The molecule has 0 bridgehead atoms. The topological polar surface area (TPSA) is 76.3 Å². The summed E-state index contributed by atoms with van der Waals surface area (Å²) < 4.78 is 16.6. The standard InChI is InChI=1S/C19H19FN6O2/c20-15-4-1-2-5-16(15)23-10-12-24(13-11-23)19(28)14-26-18(27)7-6-17(22-26)25-9-3-8-21-25/h1-9H,10-14H2. The van der Waals surface area contributed by atoms with Gasteiger partial charge in [0, 0.05) is 44.6 Å². The Hall–Kier alpha value is -3.49. The number of halogens is 1. The van der Waals surface area contributed by atoms with Crippen LogP contribution in [0.5, 0.6) is 0 Å². The molecule has 8 nitrogen and oxygen atoms in total. The van der Waals surface area contributed by atoms with E-state index in [1.807, 2.05) is 4.90 Å². The maximum Gasteiger partial charge on any atom is 0.267 e. The molecule has 3 heterocycles. The number of carbonyl (C=O) groups excluding carboxylic acids is 1. The van der Waals surface area contributed by atoms with E-state index in [2.05, 4.69) is 10.2 Å². The highest BCUT2D eigenvalue weighted by molar-refractivity contribution is 5.76. The van der Waals surface area contributed by atoms with E-state index in [0.29, 0.717) is 37.7 Å². The Morgan fingerprint density at radius 1 is 1.04 bits per heavy atom. The average molecular weight is 382 g/mol. The third-order valence-electron chi connectivity index (χ3n) is 4.70. The molecule has 0 saturated carbocycles. The zero-order valence-electron chi connectivity index (χ0n) is 15.1. The fourth-order valence-electron chi connectivity index (χ4n) is 3.21. The highest BCUT2D eigenvalue weighted by Gasteiger charge is 2.23. The van der Waals surface area contributed by atoms with Crippen LogP contribution in [-0.2, 0) is 11.3 Å². The molecule has 144 valence electrons. The van der Waals surface area contributed by atoms with Crippen molar-refractivity contribution in [3.63, 3.8) is 0 Å². The van der Waals surface area contributed by atoms with E-state index in [0.717, 1.165) is 4.68 Å². The molecule has 2 aromatic heterocycles. The number of carbonyl (C=O) groups is 1. The van der Waals surface area contributed by atoms with Gasteiger partial charge >= 0.3 is 0 Å². The van der Waals surface area contributed by atoms with Crippen molar-refractivity contribution in [1.82, 2.24) is 24.5 Å². The van der Waals surface area contributed by atoms with Gasteiger partial charge in [-0.1, -0.05) is 12.1 Å². The quantitative estimate of drug-likeness (QED) is 0.671. The van der Waals surface area contributed by atoms with Crippen LogP contribution in [-0.4, -0.2) is 56.5 Å². The second kappa shape index (κ2) is 7.63. The van der Waals surface area contributed by atoms with Gasteiger partial charge in [0.05, 0.1) is 5.69 Å². The van der Waals surface area contributed by atoms with Crippen molar-refractivity contribution >= 4 is 11.6 Å². The van der Waals surface area contributed by atoms with Crippen LogP contribution in [0.1, 0.15) is 0 Å². The molecule has 1 aliphatic heterocycles. The Labute approximate surface area is 160 Å². The predicted molar refractivity (Wildman–Crippen MR) is 101 cm³/mol. The number of hydrogen-bond acceptors (Lipinski definition) is 5. The summed E-state index contributed by atoms with van der Waals surface area (Å²) in [5.74, 6) is -0.00404. The van der Waals surface area contributed by atoms with Crippen molar-refractivity contribution in [2.45, 2.75) is 6.54 Å². The third-order valence-corrected chi connectivity index (χ3v) is 4.70. The van der Waals surface area contributed by atoms with Gasteiger partial charge in [0.15, 0.2) is 5.82 Å². The molecule has 0 aliphatic carbocycles. The third kappa shape index (κ3) is 3.64. The van der Waals surface area contributed by atoms with Crippen LogP contribution >= 0.6 is 0 Å². The Balaban J connectivity index is 1.42. The molecule has 0 atom stereocenters. The van der Waals surface area contributed by atoms with E-state index < -0.39 is 0 Å². The molecule has 3 aromatic rings. The van der Waals surface area contributed by atoms with Crippen molar-refractivity contribution in [1.29, 1.82) is 0 Å². The lowest BCUT2D eigenvalue weighted by Crippen LogP contribution is -2.50. The molecule has 0 spiro atoms. The monoisotopic (exact) mass is 382 g/mol. The Bertz CT molecular complexity index is 1020. The van der Waals surface area contributed by atoms with E-state index in [1.165, 1.54) is 16.8 Å². The summed E-state index contributed by atoms with van der Waals surface area (Å²) in [7, 11) is 0. The molecule has 1 aromatic carbocycles. The molecule has 0 radical (unpaired) electrons. The van der Waals surface area contributed by atoms with Gasteiger partial charge in [0.2, 0.25) is 5.91 Å². The summed E-state index contributed by atoms with van der Waals surface area (Å²) in [4.78, 5) is 28.3. The molecule has 1 aliphatic rings. The minimum absolute atomic E-state index is 0.145. The lowest BCUT2D eigenvalue weighted by molar-refractivity contribution is -0.132. The van der Waals surface area contributed by atoms with Gasteiger partial charge < -0.3 is 9.80 Å². The second-order valence-corrected chi connectivity index (χ2v) is 6.46. The number of hydrogen-bond donors (Lipinski definition) is 0. The van der Waals surface area contributed by atoms with Crippen LogP contribution < -0.4 is 10.5 Å². The van der Waals surface area contributed by atoms with E-state index in [4.69, 9.17) is 0 Å². The summed E-state index contributed by atoms with van der Waals surface area (Å²) in [6, 6.07) is 11.3. The van der Waals surface area contributed by atoms with Crippen molar-refractivity contribution in [3.05, 3.63) is 71.0 Å². The summed E-state index contributed by atoms with van der Waals surface area (Å²) in [5.41, 5.74) is 0.189. The normalized spacial score (nSPS) is 14.3. The first kappa shape index (κ1) is 17.9. The fourth-order valence-corrected chi connectivity index (χ4v) is 3.21. The van der Waals surface area contributed by atoms with Crippen molar-refractivity contribution in [3.8, 4) is 5.82 Å². The minimum Gasteiger partial charge on any atom is -0.366 e. The Kier molecular flexibility index (Phi) is 4.88. The van der Waals surface area contributed by atoms with Crippen LogP contribution in [0.3, 0.4) is 0 Å². The number of aromatic nitrogens is 4. The van der Waals surface area contributed by atoms with Crippen LogP contribution in [0, 0.1) is 5.82 Å². The minimum atomic E-state index is -0.353. The van der Waals surface area contributed by atoms with Crippen LogP contribution in [0.4, 0.5) is 10.1 Å². The first-order valence-electron chi connectivity index (χ1n) is 8.97. The SMILES string of the molecule is O=C(Cn1nc(-n2cccn2)ccc1=O)N1CCN(c2ccccc2F)CC1. The van der Waals surface area contributed by atoms with Gasteiger partial charge in [-0.25, -0.2) is 13.8 Å². The number of benzene rings is 1. The van der Waals surface area contributed by atoms with Crippen LogP contribution in [0.25, 0.3) is 5.82 Å². The number of piperazine rings is 1. The lowest BCUT2D eigenvalue weighted by atomic mass is 10.2. The van der Waals surface area contributed by atoms with E-state index in [9.17, 15) is 14.0 Å². The Morgan fingerprint density at radius 3 is 2.54 bits per heavy atom. The molecule has 1 amide bonds. The second-order valence-electron chi connectivity index (χ2n) is 6.46. The number of para-hydroxylation sites is 1. The van der Waals surface area contributed by atoms with E-state index in [1.54, 1.807) is 47.6 Å². The van der Waals surface area contributed by atoms with Crippen LogP contribution in [0.2, 0.25) is 0 Å². The molecule has 0 unspecified atom stereocenters. The number of amides is 1. The molecular formula is C19H19FN6O2. The zero-order valence-corrected chi connectivity index (χ0v) is 15.1. The van der Waals surface area contributed by atoms with Crippen molar-refractivity contribution in [2.24, 2.45) is 0 Å². The first-order valence-corrected chi connectivity index (χ1v) is 8.97. The molecular weight excluding hydrogens is 363 g/mol. The highest BCUT2D eigenvalue weighted by Crippen LogP contribution is 2.20. The summed E-state index contributed by atoms with van der Waals surface area (Å²) >= 11 is 0. The van der Waals surface area contributed by atoms with Gasteiger partial charge in [0.25, 0.3) is 5.56 Å². The molecule has 1 fully saturated rings. The highest BCUT2D eigenvalue weighted by atomic mass is 19.1. The maximum absolute atomic E-state index is 13.9. The smallest absolute Gasteiger partial charge is 0.267 e. The number of nitrogens with zero attached hydrogens (tertiary/aromatic N) is 6. The lowest BCUT2D eigenvalue weighted by Gasteiger charge is -2.36. The first-order chi connectivity index (χ1) is 13.6. The molecule has 1 saturated heterocycles. The zero-order chi connectivity index (χ0) is 19.5. The summed E-state index contributed by atoms with van der Waals surface area (Å²) in [6.07, 6.45) is 3.32. The molecule has 4 rings (SSSR count). The largest absolute Gasteiger partial charge is 0.366 e. The van der Waals surface area contributed by atoms with Crippen LogP contribution in [0.15, 0.2) is 59.7 Å². The van der Waals surface area contributed by atoms with Crippen molar-refractivity contribution in [2.75, 3.05) is 31.1 Å². The Morgan fingerprint density at radius 2 is 1.82 bits per heavy atom. The summed E-state index contributed by atoms with van der Waals surface area (Å²) in [5, 5.41) is 8.30. The number of anilines is 1. The van der Waals surface area contributed by atoms with Crippen molar-refractivity contribution < 1.29 is 9.18 Å². The van der Waals surface area contributed by atoms with Gasteiger partial charge in [-0.05, 0) is 24.3 Å². The van der Waals surface area contributed by atoms with Gasteiger partial charge in [-0.15, -0.1) is 5.10 Å². The predicted octanol–water partition coefficient (Wildman–Crippen LogP) is 0.917. The van der Waals surface area contributed by atoms with Gasteiger partial charge in [-0.2, -0.15) is 5.10 Å². The van der Waals surface area contributed by atoms with E-state index in [-0.39, 0.29) is 23.8 Å². The molecule has 28 heavy (non-hydrogen) atoms. The fraction of sp³-hybridized carbons (Fsp3) is 0.263. The van der Waals surface area contributed by atoms with E-state index >= 15 is 0 Å². The maximum atomic E-state index is 13.9. The number of rotatable bonds is 4.